The molecule has 0 aliphatic carbocycles. The van der Waals surface area contributed by atoms with Crippen LogP contribution in [0.25, 0.3) is 0 Å². The van der Waals surface area contributed by atoms with Crippen LogP contribution in [0.4, 0.5) is 17.6 Å². The summed E-state index contributed by atoms with van der Waals surface area (Å²) in [5.74, 6) is -2.38. The standard InChI is InChI=1S/C8H4F4INO3/c9-1-3-5(13)4(7(15)16)2-14-6(3)17-8(10,11)12/h2H,1H2,(H,15,16). The van der Waals surface area contributed by atoms with Crippen LogP contribution in [0.2, 0.25) is 0 Å². The van der Waals surface area contributed by atoms with Gasteiger partial charge in [0.25, 0.3) is 0 Å². The first-order valence-corrected chi connectivity index (χ1v) is 5.06. The van der Waals surface area contributed by atoms with Gasteiger partial charge in [0.2, 0.25) is 5.88 Å². The summed E-state index contributed by atoms with van der Waals surface area (Å²) >= 11 is 1.43. The minimum atomic E-state index is -5.01. The molecule has 0 amide bonds. The number of ether oxygens (including phenoxy) is 1. The number of halogens is 5. The van der Waals surface area contributed by atoms with Crippen LogP contribution in [-0.2, 0) is 6.67 Å². The lowest BCUT2D eigenvalue weighted by molar-refractivity contribution is -0.276. The molecule has 0 bridgehead atoms. The smallest absolute Gasteiger partial charge is 0.478 e. The first-order valence-electron chi connectivity index (χ1n) is 3.98. The first kappa shape index (κ1) is 13.9. The Morgan fingerprint density at radius 3 is 2.53 bits per heavy atom. The second kappa shape index (κ2) is 5.02. The Labute approximate surface area is 106 Å². The molecule has 0 unspecified atom stereocenters. The lowest BCUT2D eigenvalue weighted by Gasteiger charge is -2.12. The fourth-order valence-electron chi connectivity index (χ4n) is 0.977. The van der Waals surface area contributed by atoms with Crippen LogP contribution in [0, 0.1) is 3.57 Å². The molecule has 0 saturated heterocycles. The molecule has 0 aliphatic heterocycles. The maximum Gasteiger partial charge on any atom is 0.574 e. The Hall–Kier alpha value is -1.13. The summed E-state index contributed by atoms with van der Waals surface area (Å²) < 4.78 is 51.7. The molecule has 0 aromatic carbocycles. The van der Waals surface area contributed by atoms with Crippen LogP contribution in [0.1, 0.15) is 15.9 Å². The molecule has 0 aliphatic rings. The molecular weight excluding hydrogens is 361 g/mol. The van der Waals surface area contributed by atoms with Gasteiger partial charge in [-0.05, 0) is 22.6 Å². The summed E-state index contributed by atoms with van der Waals surface area (Å²) in [6.45, 7) is -1.31. The topological polar surface area (TPSA) is 59.4 Å². The summed E-state index contributed by atoms with van der Waals surface area (Å²) in [4.78, 5) is 13.8. The summed E-state index contributed by atoms with van der Waals surface area (Å²) in [6.07, 6.45) is -4.32. The lowest BCUT2D eigenvalue weighted by Crippen LogP contribution is -2.20. The molecule has 1 N–H and O–H groups in total. The molecule has 1 aromatic rings. The molecule has 0 saturated carbocycles. The van der Waals surface area contributed by atoms with Crippen LogP contribution < -0.4 is 4.74 Å². The zero-order valence-electron chi connectivity index (χ0n) is 7.89. The Kier molecular flexibility index (Phi) is 4.11. The number of pyridine rings is 1. The fourth-order valence-corrected chi connectivity index (χ4v) is 1.72. The molecule has 0 fully saturated rings. The van der Waals surface area contributed by atoms with E-state index in [1.165, 1.54) is 22.6 Å². The van der Waals surface area contributed by atoms with Crippen LogP contribution in [-0.4, -0.2) is 22.4 Å². The van der Waals surface area contributed by atoms with E-state index in [-0.39, 0.29) is 9.13 Å². The average molecular weight is 365 g/mol. The van der Waals surface area contributed by atoms with Crippen LogP contribution in [0.5, 0.6) is 5.88 Å². The van der Waals surface area contributed by atoms with Crippen molar-refractivity contribution in [2.45, 2.75) is 13.0 Å². The number of carboxylic acids is 1. The Morgan fingerprint density at radius 2 is 2.12 bits per heavy atom. The van der Waals surface area contributed by atoms with E-state index >= 15 is 0 Å². The van der Waals surface area contributed by atoms with Gasteiger partial charge in [-0.15, -0.1) is 13.2 Å². The van der Waals surface area contributed by atoms with Crippen molar-refractivity contribution in [1.82, 2.24) is 4.98 Å². The quantitative estimate of drug-likeness (QED) is 0.661. The normalized spacial score (nSPS) is 11.4. The van der Waals surface area contributed by atoms with Crippen molar-refractivity contribution in [2.24, 2.45) is 0 Å². The third-order valence-electron chi connectivity index (χ3n) is 1.65. The fraction of sp³-hybridized carbons (Fsp3) is 0.250. The first-order chi connectivity index (χ1) is 7.76. The van der Waals surface area contributed by atoms with Gasteiger partial charge in [-0.3, -0.25) is 0 Å². The van der Waals surface area contributed by atoms with Crippen molar-refractivity contribution >= 4 is 28.6 Å². The van der Waals surface area contributed by atoms with Crippen LogP contribution >= 0.6 is 22.6 Å². The van der Waals surface area contributed by atoms with E-state index in [1.807, 2.05) is 0 Å². The van der Waals surface area contributed by atoms with Crippen molar-refractivity contribution in [1.29, 1.82) is 0 Å². The molecule has 17 heavy (non-hydrogen) atoms. The van der Waals surface area contributed by atoms with E-state index in [1.54, 1.807) is 0 Å². The van der Waals surface area contributed by atoms with Gasteiger partial charge in [0.1, 0.15) is 6.67 Å². The predicted molar refractivity (Wildman–Crippen MR) is 55.4 cm³/mol. The maximum absolute atomic E-state index is 12.6. The zero-order chi connectivity index (χ0) is 13.2. The number of carbonyl (C=O) groups is 1. The largest absolute Gasteiger partial charge is 0.574 e. The monoisotopic (exact) mass is 365 g/mol. The predicted octanol–water partition coefficient (Wildman–Crippen LogP) is 2.75. The molecule has 0 spiro atoms. The van der Waals surface area contributed by atoms with E-state index < -0.39 is 30.4 Å². The Morgan fingerprint density at radius 1 is 1.53 bits per heavy atom. The number of rotatable bonds is 3. The number of alkyl halides is 4. The summed E-state index contributed by atoms with van der Waals surface area (Å²) in [7, 11) is 0. The highest BCUT2D eigenvalue weighted by atomic mass is 127. The van der Waals surface area contributed by atoms with Gasteiger partial charge < -0.3 is 9.84 Å². The van der Waals surface area contributed by atoms with Gasteiger partial charge in [-0.2, -0.15) is 0 Å². The molecule has 4 nitrogen and oxygen atoms in total. The number of hydrogen-bond acceptors (Lipinski definition) is 3. The van der Waals surface area contributed by atoms with Gasteiger partial charge in [-0.25, -0.2) is 14.2 Å². The zero-order valence-corrected chi connectivity index (χ0v) is 10.0. The minimum absolute atomic E-state index is 0.174. The number of aromatic carboxylic acids is 1. The second-order valence-electron chi connectivity index (χ2n) is 2.76. The minimum Gasteiger partial charge on any atom is -0.478 e. The van der Waals surface area contributed by atoms with E-state index in [0.717, 1.165) is 0 Å². The second-order valence-corrected chi connectivity index (χ2v) is 3.83. The van der Waals surface area contributed by atoms with E-state index in [4.69, 9.17) is 5.11 Å². The number of nitrogens with zero attached hydrogens (tertiary/aromatic N) is 1. The van der Waals surface area contributed by atoms with Gasteiger partial charge in [0, 0.05) is 9.77 Å². The third-order valence-corrected chi connectivity index (χ3v) is 2.88. The highest BCUT2D eigenvalue weighted by molar-refractivity contribution is 14.1. The summed E-state index contributed by atoms with van der Waals surface area (Å²) in [5, 5.41) is 8.68. The summed E-state index contributed by atoms with van der Waals surface area (Å²) in [6, 6.07) is 0. The number of hydrogen-bond donors (Lipinski definition) is 1. The molecule has 1 aromatic heterocycles. The van der Waals surface area contributed by atoms with Crippen molar-refractivity contribution < 1.29 is 32.2 Å². The molecular formula is C8H4F4INO3. The van der Waals surface area contributed by atoms with Crippen molar-refractivity contribution in [3.8, 4) is 5.88 Å². The average Bonchev–Trinajstić information content (AvgIpc) is 2.15. The molecule has 94 valence electrons. The van der Waals surface area contributed by atoms with Crippen LogP contribution in [0.15, 0.2) is 6.20 Å². The van der Waals surface area contributed by atoms with E-state index in [9.17, 15) is 22.4 Å². The highest BCUT2D eigenvalue weighted by Crippen LogP contribution is 2.29. The number of carboxylic acid groups (broad SMARTS) is 1. The van der Waals surface area contributed by atoms with E-state index in [2.05, 4.69) is 9.72 Å². The van der Waals surface area contributed by atoms with Gasteiger partial charge in [0.15, 0.2) is 0 Å². The molecule has 0 atom stereocenters. The van der Waals surface area contributed by atoms with E-state index in [0.29, 0.717) is 6.20 Å². The van der Waals surface area contributed by atoms with Gasteiger partial charge in [0.05, 0.1) is 11.1 Å². The SMILES string of the molecule is O=C(O)c1cnc(OC(F)(F)F)c(CF)c1I. The molecule has 1 heterocycles. The Bertz CT molecular complexity index is 449. The Balaban J connectivity index is 3.26. The van der Waals surface area contributed by atoms with Crippen molar-refractivity contribution in [3.63, 3.8) is 0 Å². The molecule has 0 radical (unpaired) electrons. The molecule has 9 heteroatoms. The highest BCUT2D eigenvalue weighted by Gasteiger charge is 2.34. The maximum atomic E-state index is 12.6. The van der Waals surface area contributed by atoms with Crippen molar-refractivity contribution in [2.75, 3.05) is 0 Å². The van der Waals surface area contributed by atoms with Crippen LogP contribution in [0.3, 0.4) is 0 Å². The van der Waals surface area contributed by atoms with Crippen molar-refractivity contribution in [3.05, 3.63) is 20.9 Å². The lowest BCUT2D eigenvalue weighted by atomic mass is 10.2. The number of aromatic nitrogens is 1. The summed E-state index contributed by atoms with van der Waals surface area (Å²) in [5.41, 5.74) is -0.921. The van der Waals surface area contributed by atoms with Gasteiger partial charge >= 0.3 is 12.3 Å². The third kappa shape index (κ3) is 3.41. The molecule has 1 rings (SSSR count). The van der Waals surface area contributed by atoms with Gasteiger partial charge in [-0.1, -0.05) is 0 Å².